The first-order chi connectivity index (χ1) is 17.1. The Balaban J connectivity index is 1.47. The molecule has 2 amide bonds. The lowest BCUT2D eigenvalue weighted by Gasteiger charge is -2.18. The number of benzene rings is 3. The van der Waals surface area contributed by atoms with Crippen molar-refractivity contribution in [1.82, 2.24) is 15.5 Å². The molecule has 0 radical (unpaired) electrons. The number of unbranched alkanes of at least 4 members (excludes halogenated alkanes) is 1. The van der Waals surface area contributed by atoms with Gasteiger partial charge in [-0.05, 0) is 36.1 Å². The van der Waals surface area contributed by atoms with E-state index in [1.165, 1.54) is 16.9 Å². The van der Waals surface area contributed by atoms with E-state index < -0.39 is 6.04 Å². The van der Waals surface area contributed by atoms with Crippen LogP contribution < -0.4 is 10.6 Å². The highest BCUT2D eigenvalue weighted by Crippen LogP contribution is 2.26. The van der Waals surface area contributed by atoms with Crippen LogP contribution in [0.4, 0.5) is 5.13 Å². The van der Waals surface area contributed by atoms with Crippen molar-refractivity contribution in [3.05, 3.63) is 102 Å². The SMILES string of the molecule is CCCCc1ccc(C(=O)NC(Cc2ccccc2)C(=O)Nc2nnc(-c3ccccc3)s2)cc1. The summed E-state index contributed by atoms with van der Waals surface area (Å²) >= 11 is 1.29. The highest BCUT2D eigenvalue weighted by atomic mass is 32.1. The van der Waals surface area contributed by atoms with E-state index in [1.54, 1.807) is 0 Å². The number of amides is 2. The third kappa shape index (κ3) is 6.83. The zero-order valence-corrected chi connectivity index (χ0v) is 20.4. The number of aryl methyl sites for hydroxylation is 1. The fraction of sp³-hybridized carbons (Fsp3) is 0.214. The molecule has 1 unspecified atom stereocenters. The van der Waals surface area contributed by atoms with Crippen molar-refractivity contribution in [2.45, 2.75) is 38.6 Å². The maximum Gasteiger partial charge on any atom is 0.251 e. The predicted molar refractivity (Wildman–Crippen MR) is 140 cm³/mol. The molecule has 1 atom stereocenters. The van der Waals surface area contributed by atoms with Crippen molar-refractivity contribution in [1.29, 1.82) is 0 Å². The lowest BCUT2D eigenvalue weighted by atomic mass is 10.0. The summed E-state index contributed by atoms with van der Waals surface area (Å²) in [5.41, 5.74) is 3.61. The summed E-state index contributed by atoms with van der Waals surface area (Å²) in [5.74, 6) is -0.622. The Morgan fingerprint density at radius 2 is 1.54 bits per heavy atom. The molecule has 2 N–H and O–H groups in total. The minimum Gasteiger partial charge on any atom is -0.340 e. The monoisotopic (exact) mass is 484 g/mol. The minimum absolute atomic E-state index is 0.287. The van der Waals surface area contributed by atoms with Gasteiger partial charge in [-0.15, -0.1) is 10.2 Å². The molecule has 0 spiro atoms. The van der Waals surface area contributed by atoms with Gasteiger partial charge in [-0.25, -0.2) is 0 Å². The third-order valence-electron chi connectivity index (χ3n) is 5.62. The summed E-state index contributed by atoms with van der Waals surface area (Å²) in [6.07, 6.45) is 3.59. The number of hydrogen-bond acceptors (Lipinski definition) is 5. The van der Waals surface area contributed by atoms with Crippen LogP contribution in [0, 0.1) is 0 Å². The largest absolute Gasteiger partial charge is 0.340 e. The molecule has 0 aliphatic heterocycles. The molecule has 1 aromatic heterocycles. The van der Waals surface area contributed by atoms with E-state index in [0.717, 1.165) is 30.4 Å². The standard InChI is InChI=1S/C28H28N4O2S/c1-2-3-10-20-15-17-22(18-16-20)25(33)29-24(19-21-11-6-4-7-12-21)26(34)30-28-32-31-27(35-28)23-13-8-5-9-14-23/h4-9,11-18,24H,2-3,10,19H2,1H3,(H,29,33)(H,30,32,34). The lowest BCUT2D eigenvalue weighted by Crippen LogP contribution is -2.45. The summed E-state index contributed by atoms with van der Waals surface area (Å²) in [6.45, 7) is 2.16. The van der Waals surface area contributed by atoms with Crippen molar-refractivity contribution in [3.63, 3.8) is 0 Å². The van der Waals surface area contributed by atoms with Gasteiger partial charge < -0.3 is 5.32 Å². The maximum absolute atomic E-state index is 13.2. The van der Waals surface area contributed by atoms with Gasteiger partial charge in [-0.1, -0.05) is 97.5 Å². The first kappa shape index (κ1) is 24.3. The molecule has 0 aliphatic rings. The van der Waals surface area contributed by atoms with Crippen LogP contribution in [0.5, 0.6) is 0 Å². The lowest BCUT2D eigenvalue weighted by molar-refractivity contribution is -0.118. The molecular formula is C28H28N4O2S. The number of rotatable bonds is 10. The van der Waals surface area contributed by atoms with Gasteiger partial charge in [-0.2, -0.15) is 0 Å². The van der Waals surface area contributed by atoms with Crippen LogP contribution >= 0.6 is 11.3 Å². The van der Waals surface area contributed by atoms with Gasteiger partial charge in [0.1, 0.15) is 11.0 Å². The summed E-state index contributed by atoms with van der Waals surface area (Å²) in [4.78, 5) is 26.2. The van der Waals surface area contributed by atoms with Crippen molar-refractivity contribution in [3.8, 4) is 10.6 Å². The summed E-state index contributed by atoms with van der Waals surface area (Å²) in [5, 5.41) is 15.2. The zero-order chi connectivity index (χ0) is 24.5. The summed E-state index contributed by atoms with van der Waals surface area (Å²) in [7, 11) is 0. The Kier molecular flexibility index (Phi) is 8.35. The number of nitrogens with zero attached hydrogens (tertiary/aromatic N) is 2. The molecule has 0 aliphatic carbocycles. The van der Waals surface area contributed by atoms with Gasteiger partial charge in [-0.3, -0.25) is 14.9 Å². The second kappa shape index (κ2) is 12.0. The number of hydrogen-bond donors (Lipinski definition) is 2. The number of nitrogens with one attached hydrogen (secondary N) is 2. The van der Waals surface area contributed by atoms with E-state index >= 15 is 0 Å². The molecule has 1 heterocycles. The van der Waals surface area contributed by atoms with Gasteiger partial charge >= 0.3 is 0 Å². The van der Waals surface area contributed by atoms with E-state index in [0.29, 0.717) is 22.1 Å². The first-order valence-corrected chi connectivity index (χ1v) is 12.6. The molecule has 35 heavy (non-hydrogen) atoms. The second-order valence-electron chi connectivity index (χ2n) is 8.28. The Morgan fingerprint density at radius 3 is 2.23 bits per heavy atom. The quantitative estimate of drug-likeness (QED) is 0.310. The summed E-state index contributed by atoms with van der Waals surface area (Å²) < 4.78 is 0. The van der Waals surface area contributed by atoms with Gasteiger partial charge in [0.2, 0.25) is 11.0 Å². The molecule has 4 aromatic rings. The van der Waals surface area contributed by atoms with E-state index in [-0.39, 0.29) is 11.8 Å². The Hall–Kier alpha value is -3.84. The molecule has 0 saturated carbocycles. The normalized spacial score (nSPS) is 11.6. The Bertz CT molecular complexity index is 1240. The van der Waals surface area contributed by atoms with Gasteiger partial charge in [0, 0.05) is 17.5 Å². The molecular weight excluding hydrogens is 456 g/mol. The first-order valence-electron chi connectivity index (χ1n) is 11.8. The number of aromatic nitrogens is 2. The van der Waals surface area contributed by atoms with E-state index in [9.17, 15) is 9.59 Å². The average molecular weight is 485 g/mol. The van der Waals surface area contributed by atoms with Gasteiger partial charge in [0.25, 0.3) is 5.91 Å². The van der Waals surface area contributed by atoms with Crippen LogP contribution in [0.25, 0.3) is 10.6 Å². The van der Waals surface area contributed by atoms with Crippen LogP contribution in [-0.2, 0) is 17.6 Å². The van der Waals surface area contributed by atoms with Crippen LogP contribution in [0.15, 0.2) is 84.9 Å². The van der Waals surface area contributed by atoms with E-state index in [2.05, 4.69) is 27.8 Å². The van der Waals surface area contributed by atoms with Gasteiger partial charge in [0.15, 0.2) is 0 Å². The van der Waals surface area contributed by atoms with Crippen LogP contribution in [0.3, 0.4) is 0 Å². The molecule has 0 saturated heterocycles. The predicted octanol–water partition coefficient (Wildman–Crippen LogP) is 5.53. The highest BCUT2D eigenvalue weighted by Gasteiger charge is 2.23. The topological polar surface area (TPSA) is 84.0 Å². The average Bonchev–Trinajstić information content (AvgIpc) is 3.37. The molecule has 3 aromatic carbocycles. The van der Waals surface area contributed by atoms with E-state index in [1.807, 2.05) is 84.9 Å². The van der Waals surface area contributed by atoms with Crippen molar-refractivity contribution >= 4 is 28.3 Å². The minimum atomic E-state index is -0.770. The van der Waals surface area contributed by atoms with Crippen molar-refractivity contribution in [2.24, 2.45) is 0 Å². The van der Waals surface area contributed by atoms with Gasteiger partial charge in [0.05, 0.1) is 0 Å². The van der Waals surface area contributed by atoms with Crippen molar-refractivity contribution < 1.29 is 9.59 Å². The number of carbonyl (C=O) groups excluding carboxylic acids is 2. The number of carbonyl (C=O) groups is 2. The molecule has 7 heteroatoms. The summed E-state index contributed by atoms with van der Waals surface area (Å²) in [6, 6.07) is 26.1. The maximum atomic E-state index is 13.2. The van der Waals surface area contributed by atoms with Crippen LogP contribution in [0.2, 0.25) is 0 Å². The Labute approximate surface area is 209 Å². The highest BCUT2D eigenvalue weighted by molar-refractivity contribution is 7.18. The molecule has 178 valence electrons. The zero-order valence-electron chi connectivity index (χ0n) is 19.6. The molecule has 4 rings (SSSR count). The fourth-order valence-electron chi connectivity index (χ4n) is 3.67. The van der Waals surface area contributed by atoms with Crippen LogP contribution in [0.1, 0.15) is 41.3 Å². The molecule has 0 bridgehead atoms. The number of anilines is 1. The molecule has 6 nitrogen and oxygen atoms in total. The second-order valence-corrected chi connectivity index (χ2v) is 9.26. The Morgan fingerprint density at radius 1 is 0.857 bits per heavy atom. The fourth-order valence-corrected chi connectivity index (χ4v) is 4.42. The third-order valence-corrected chi connectivity index (χ3v) is 6.50. The van der Waals surface area contributed by atoms with Crippen molar-refractivity contribution in [2.75, 3.05) is 5.32 Å². The molecule has 0 fully saturated rings. The smallest absolute Gasteiger partial charge is 0.251 e. The van der Waals surface area contributed by atoms with E-state index in [4.69, 9.17) is 0 Å². The van der Waals surface area contributed by atoms with Crippen LogP contribution in [-0.4, -0.2) is 28.1 Å².